The van der Waals surface area contributed by atoms with Gasteiger partial charge in [-0.25, -0.2) is 9.37 Å². The van der Waals surface area contributed by atoms with Crippen LogP contribution in [0.25, 0.3) is 11.1 Å². The highest BCUT2D eigenvalue weighted by Gasteiger charge is 2.16. The Morgan fingerprint density at radius 1 is 1.47 bits per heavy atom. The molecule has 4 heteroatoms. The van der Waals surface area contributed by atoms with Crippen molar-refractivity contribution in [1.29, 1.82) is 0 Å². The number of nitrogens with two attached hydrogens (primary N) is 1. The molecule has 2 rings (SSSR count). The maximum absolute atomic E-state index is 12.9. The van der Waals surface area contributed by atoms with Crippen molar-refractivity contribution in [3.63, 3.8) is 0 Å². The molecule has 3 nitrogen and oxygen atoms in total. The van der Waals surface area contributed by atoms with Gasteiger partial charge < -0.3 is 10.2 Å². The Balaban J connectivity index is 2.39. The number of hydrogen-bond acceptors (Lipinski definition) is 3. The van der Waals surface area contributed by atoms with E-state index in [0.717, 1.165) is 0 Å². The molecule has 0 fully saturated rings. The Morgan fingerprint density at radius 2 is 2.20 bits per heavy atom. The Morgan fingerprint density at radius 3 is 2.87 bits per heavy atom. The molecule has 15 heavy (non-hydrogen) atoms. The zero-order valence-corrected chi connectivity index (χ0v) is 8.75. The molecule has 0 aliphatic rings. The maximum atomic E-state index is 12.9. The molecule has 0 saturated heterocycles. The number of halogens is 1. The van der Waals surface area contributed by atoms with Crippen LogP contribution < -0.4 is 5.73 Å². The van der Waals surface area contributed by atoms with Crippen LogP contribution in [-0.4, -0.2) is 10.5 Å². The number of nitrogens with zero attached hydrogens (tertiary/aromatic N) is 1. The van der Waals surface area contributed by atoms with Crippen molar-refractivity contribution >= 4 is 11.1 Å². The molecule has 0 bridgehead atoms. The minimum atomic E-state index is -0.376. The lowest BCUT2D eigenvalue weighted by atomic mass is 10.0. The predicted octanol–water partition coefficient (Wildman–Crippen LogP) is 2.25. The third-order valence-electron chi connectivity index (χ3n) is 2.00. The Bertz CT molecular complexity index is 485. The van der Waals surface area contributed by atoms with Gasteiger partial charge in [0.1, 0.15) is 11.3 Å². The lowest BCUT2D eigenvalue weighted by Crippen LogP contribution is -2.34. The summed E-state index contributed by atoms with van der Waals surface area (Å²) in [5.74, 6) is 0.223. The first-order valence-electron chi connectivity index (χ1n) is 4.78. The van der Waals surface area contributed by atoms with E-state index in [2.05, 4.69) is 4.98 Å². The van der Waals surface area contributed by atoms with Crippen molar-refractivity contribution in [2.75, 3.05) is 0 Å². The molecule has 0 amide bonds. The Kier molecular flexibility index (Phi) is 2.23. The summed E-state index contributed by atoms with van der Waals surface area (Å²) < 4.78 is 18.3. The van der Waals surface area contributed by atoms with Gasteiger partial charge in [-0.05, 0) is 26.0 Å². The van der Waals surface area contributed by atoms with Gasteiger partial charge in [0.15, 0.2) is 11.5 Å². The molecule has 0 radical (unpaired) electrons. The number of rotatable bonds is 2. The molecule has 80 valence electrons. The molecule has 1 aromatic heterocycles. The summed E-state index contributed by atoms with van der Waals surface area (Å²) in [6.45, 7) is 3.78. The molecule has 0 atom stereocenters. The average Bonchev–Trinajstić information content (AvgIpc) is 2.42. The van der Waals surface area contributed by atoms with E-state index in [1.54, 1.807) is 6.07 Å². The highest BCUT2D eigenvalue weighted by atomic mass is 19.1. The number of aromatic nitrogens is 1. The smallest absolute Gasteiger partial charge is 0.197 e. The summed E-state index contributed by atoms with van der Waals surface area (Å²) in [5, 5.41) is 0. The second kappa shape index (κ2) is 3.31. The zero-order chi connectivity index (χ0) is 11.1. The van der Waals surface area contributed by atoms with Crippen molar-refractivity contribution in [2.45, 2.75) is 25.8 Å². The van der Waals surface area contributed by atoms with Crippen LogP contribution in [0.2, 0.25) is 0 Å². The van der Waals surface area contributed by atoms with Crippen LogP contribution in [0.15, 0.2) is 22.6 Å². The molecule has 0 aliphatic carbocycles. The van der Waals surface area contributed by atoms with Gasteiger partial charge in [-0.15, -0.1) is 0 Å². The predicted molar refractivity (Wildman–Crippen MR) is 55.9 cm³/mol. The molecule has 1 aromatic carbocycles. The molecular formula is C11H13FN2O. The second-order valence-corrected chi connectivity index (χ2v) is 4.39. The fraction of sp³-hybridized carbons (Fsp3) is 0.364. The van der Waals surface area contributed by atoms with E-state index in [-0.39, 0.29) is 11.4 Å². The van der Waals surface area contributed by atoms with Crippen LogP contribution >= 0.6 is 0 Å². The van der Waals surface area contributed by atoms with Gasteiger partial charge in [-0.1, -0.05) is 0 Å². The first-order chi connectivity index (χ1) is 6.94. The molecular weight excluding hydrogens is 195 g/mol. The summed E-state index contributed by atoms with van der Waals surface area (Å²) in [5.41, 5.74) is 6.60. The minimum absolute atomic E-state index is 0.322. The summed E-state index contributed by atoms with van der Waals surface area (Å²) in [6, 6.07) is 4.29. The van der Waals surface area contributed by atoms with Crippen LogP contribution in [0.3, 0.4) is 0 Å². The normalized spacial score (nSPS) is 12.3. The lowest BCUT2D eigenvalue weighted by Gasteiger charge is -2.14. The van der Waals surface area contributed by atoms with Gasteiger partial charge in [-0.2, -0.15) is 0 Å². The summed E-state index contributed by atoms with van der Waals surface area (Å²) in [4.78, 5) is 4.23. The van der Waals surface area contributed by atoms with Gasteiger partial charge in [0.05, 0.1) is 0 Å². The Labute approximate surface area is 87.1 Å². The first kappa shape index (κ1) is 10.1. The SMILES string of the molecule is CC(C)(N)Cc1nc2ccc(F)cc2o1. The minimum Gasteiger partial charge on any atom is -0.441 e. The van der Waals surface area contributed by atoms with Gasteiger partial charge in [0.2, 0.25) is 0 Å². The van der Waals surface area contributed by atoms with Crippen molar-refractivity contribution in [3.8, 4) is 0 Å². The number of benzene rings is 1. The average molecular weight is 208 g/mol. The number of oxazole rings is 1. The quantitative estimate of drug-likeness (QED) is 0.823. The fourth-order valence-electron chi connectivity index (χ4n) is 1.41. The van der Waals surface area contributed by atoms with E-state index in [4.69, 9.17) is 10.2 Å². The maximum Gasteiger partial charge on any atom is 0.197 e. The topological polar surface area (TPSA) is 52.0 Å². The third-order valence-corrected chi connectivity index (χ3v) is 2.00. The van der Waals surface area contributed by atoms with Crippen LogP contribution in [0.1, 0.15) is 19.7 Å². The summed E-state index contributed by atoms with van der Waals surface area (Å²) >= 11 is 0. The van der Waals surface area contributed by atoms with Gasteiger partial charge in [-0.3, -0.25) is 0 Å². The monoisotopic (exact) mass is 208 g/mol. The highest BCUT2D eigenvalue weighted by molar-refractivity contribution is 5.72. The standard InChI is InChI=1S/C11H13FN2O/c1-11(2,13)6-10-14-8-4-3-7(12)5-9(8)15-10/h3-5H,6,13H2,1-2H3. The van der Waals surface area contributed by atoms with Gasteiger partial charge in [0.25, 0.3) is 0 Å². The number of hydrogen-bond donors (Lipinski definition) is 1. The highest BCUT2D eigenvalue weighted by Crippen LogP contribution is 2.19. The van der Waals surface area contributed by atoms with E-state index in [0.29, 0.717) is 23.4 Å². The van der Waals surface area contributed by atoms with E-state index >= 15 is 0 Å². The molecule has 2 aromatic rings. The van der Waals surface area contributed by atoms with E-state index in [9.17, 15) is 4.39 Å². The van der Waals surface area contributed by atoms with Crippen molar-refractivity contribution < 1.29 is 8.81 Å². The number of fused-ring (bicyclic) bond motifs is 1. The van der Waals surface area contributed by atoms with E-state index < -0.39 is 0 Å². The van der Waals surface area contributed by atoms with E-state index in [1.807, 2.05) is 13.8 Å². The lowest BCUT2D eigenvalue weighted by molar-refractivity contribution is 0.433. The Hall–Kier alpha value is -1.42. The summed E-state index contributed by atoms with van der Waals surface area (Å²) in [6.07, 6.45) is 0.531. The zero-order valence-electron chi connectivity index (χ0n) is 8.75. The van der Waals surface area contributed by atoms with Gasteiger partial charge >= 0.3 is 0 Å². The van der Waals surface area contributed by atoms with Crippen molar-refractivity contribution in [1.82, 2.24) is 4.98 Å². The van der Waals surface area contributed by atoms with Crippen molar-refractivity contribution in [2.24, 2.45) is 5.73 Å². The fourth-order valence-corrected chi connectivity index (χ4v) is 1.41. The molecule has 0 unspecified atom stereocenters. The van der Waals surface area contributed by atoms with Crippen molar-refractivity contribution in [3.05, 3.63) is 29.9 Å². The molecule has 0 aliphatic heterocycles. The largest absolute Gasteiger partial charge is 0.441 e. The van der Waals surface area contributed by atoms with Crippen LogP contribution in [0.5, 0.6) is 0 Å². The molecule has 2 N–H and O–H groups in total. The summed E-state index contributed by atoms with van der Waals surface area (Å²) in [7, 11) is 0. The van der Waals surface area contributed by atoms with Crippen LogP contribution in [0, 0.1) is 5.82 Å². The van der Waals surface area contributed by atoms with E-state index in [1.165, 1.54) is 12.1 Å². The second-order valence-electron chi connectivity index (χ2n) is 4.39. The third kappa shape index (κ3) is 2.33. The first-order valence-corrected chi connectivity index (χ1v) is 4.78. The molecule has 0 saturated carbocycles. The van der Waals surface area contributed by atoms with Gasteiger partial charge in [0, 0.05) is 18.0 Å². The van der Waals surface area contributed by atoms with Crippen LogP contribution in [0.4, 0.5) is 4.39 Å². The van der Waals surface area contributed by atoms with Crippen LogP contribution in [-0.2, 0) is 6.42 Å². The molecule has 0 spiro atoms. The molecule has 1 heterocycles.